The minimum atomic E-state index is -1.05. The number of alkyl carbamates (subject to hydrolysis) is 1. The SMILES string of the molecule is CNCCCCC(NC(=O)OCc1ccccc1)C(=O)O.Cl. The minimum absolute atomic E-state index is 0. The predicted octanol–water partition coefficient (Wildman–Crippen LogP) is 2.18. The highest BCUT2D eigenvalue weighted by Crippen LogP contribution is 2.04. The van der Waals surface area contributed by atoms with E-state index >= 15 is 0 Å². The van der Waals surface area contributed by atoms with Crippen LogP contribution < -0.4 is 10.6 Å². The smallest absolute Gasteiger partial charge is 0.408 e. The largest absolute Gasteiger partial charge is 0.480 e. The topological polar surface area (TPSA) is 87.7 Å². The first-order valence-corrected chi connectivity index (χ1v) is 6.98. The summed E-state index contributed by atoms with van der Waals surface area (Å²) in [5, 5.41) is 14.5. The minimum Gasteiger partial charge on any atom is -0.480 e. The van der Waals surface area contributed by atoms with Crippen LogP contribution in [0.15, 0.2) is 30.3 Å². The molecule has 0 heterocycles. The Morgan fingerprint density at radius 3 is 2.50 bits per heavy atom. The number of unbranched alkanes of at least 4 members (excludes halogenated alkanes) is 1. The highest BCUT2D eigenvalue weighted by atomic mass is 35.5. The van der Waals surface area contributed by atoms with Crippen LogP contribution in [0.25, 0.3) is 0 Å². The van der Waals surface area contributed by atoms with Crippen LogP contribution in [-0.2, 0) is 16.1 Å². The molecule has 0 bridgehead atoms. The maximum absolute atomic E-state index is 11.6. The standard InChI is InChI=1S/C15H22N2O4.ClH/c1-16-10-6-5-9-13(14(18)19)17-15(20)21-11-12-7-3-2-4-8-12;/h2-4,7-8,13,16H,5-6,9-11H2,1H3,(H,17,20)(H,18,19);1H. The van der Waals surface area contributed by atoms with Crippen LogP contribution in [-0.4, -0.2) is 36.8 Å². The van der Waals surface area contributed by atoms with E-state index in [0.29, 0.717) is 6.42 Å². The Morgan fingerprint density at radius 1 is 1.23 bits per heavy atom. The van der Waals surface area contributed by atoms with Crippen LogP contribution in [0.1, 0.15) is 24.8 Å². The van der Waals surface area contributed by atoms with Gasteiger partial charge in [-0.15, -0.1) is 12.4 Å². The number of benzene rings is 1. The molecule has 0 aliphatic carbocycles. The van der Waals surface area contributed by atoms with E-state index in [1.165, 1.54) is 0 Å². The van der Waals surface area contributed by atoms with Crippen LogP contribution in [0.3, 0.4) is 0 Å². The Balaban J connectivity index is 0.00000441. The van der Waals surface area contributed by atoms with Gasteiger partial charge in [0, 0.05) is 0 Å². The number of carboxylic acid groups (broad SMARTS) is 1. The molecule has 0 spiro atoms. The van der Waals surface area contributed by atoms with Gasteiger partial charge in [0.2, 0.25) is 0 Å². The maximum Gasteiger partial charge on any atom is 0.408 e. The lowest BCUT2D eigenvalue weighted by atomic mass is 10.1. The van der Waals surface area contributed by atoms with E-state index in [1.54, 1.807) is 0 Å². The van der Waals surface area contributed by atoms with Crippen molar-refractivity contribution in [3.05, 3.63) is 35.9 Å². The third kappa shape index (κ3) is 8.49. The Hall–Kier alpha value is -1.79. The summed E-state index contributed by atoms with van der Waals surface area (Å²) in [7, 11) is 1.84. The molecular formula is C15H23ClN2O4. The summed E-state index contributed by atoms with van der Waals surface area (Å²) in [6.45, 7) is 0.948. The van der Waals surface area contributed by atoms with Gasteiger partial charge >= 0.3 is 12.1 Å². The van der Waals surface area contributed by atoms with Crippen LogP contribution in [0, 0.1) is 0 Å². The number of amides is 1. The zero-order chi connectivity index (χ0) is 15.5. The van der Waals surface area contributed by atoms with E-state index in [-0.39, 0.29) is 19.0 Å². The number of hydrogen-bond donors (Lipinski definition) is 3. The number of hydrogen-bond acceptors (Lipinski definition) is 4. The molecular weight excluding hydrogens is 308 g/mol. The predicted molar refractivity (Wildman–Crippen MR) is 86.2 cm³/mol. The van der Waals surface area contributed by atoms with E-state index in [1.807, 2.05) is 37.4 Å². The molecule has 0 saturated heterocycles. The van der Waals surface area contributed by atoms with Crippen LogP contribution in [0.2, 0.25) is 0 Å². The first kappa shape index (κ1) is 20.2. The first-order chi connectivity index (χ1) is 10.1. The number of carbonyl (C=O) groups is 2. The van der Waals surface area contributed by atoms with Crippen molar-refractivity contribution in [3.8, 4) is 0 Å². The van der Waals surface area contributed by atoms with Crippen molar-refractivity contribution in [3.63, 3.8) is 0 Å². The number of halogens is 1. The molecule has 1 atom stereocenters. The zero-order valence-corrected chi connectivity index (χ0v) is 13.4. The Labute approximate surface area is 136 Å². The molecule has 7 heteroatoms. The van der Waals surface area contributed by atoms with Gasteiger partial charge in [-0.3, -0.25) is 0 Å². The molecule has 22 heavy (non-hydrogen) atoms. The molecule has 1 unspecified atom stereocenters. The number of carboxylic acids is 1. The molecule has 1 rings (SSSR count). The molecule has 0 aliphatic heterocycles. The van der Waals surface area contributed by atoms with Crippen molar-refractivity contribution in [2.24, 2.45) is 0 Å². The van der Waals surface area contributed by atoms with Crippen LogP contribution >= 0.6 is 12.4 Å². The van der Waals surface area contributed by atoms with Gasteiger partial charge in [0.05, 0.1) is 0 Å². The first-order valence-electron chi connectivity index (χ1n) is 6.98. The Bertz CT molecular complexity index is 442. The van der Waals surface area contributed by atoms with E-state index < -0.39 is 18.1 Å². The fourth-order valence-electron chi connectivity index (χ4n) is 1.81. The average molecular weight is 331 g/mol. The van der Waals surface area contributed by atoms with E-state index in [4.69, 9.17) is 9.84 Å². The highest BCUT2D eigenvalue weighted by molar-refractivity contribution is 5.85. The van der Waals surface area contributed by atoms with Gasteiger partial charge in [-0.25, -0.2) is 9.59 Å². The van der Waals surface area contributed by atoms with Crippen LogP contribution in [0.5, 0.6) is 0 Å². The fourth-order valence-corrected chi connectivity index (χ4v) is 1.81. The highest BCUT2D eigenvalue weighted by Gasteiger charge is 2.20. The summed E-state index contributed by atoms with van der Waals surface area (Å²) in [6, 6.07) is 8.32. The van der Waals surface area contributed by atoms with Crippen LogP contribution in [0.4, 0.5) is 4.79 Å². The molecule has 0 aliphatic rings. The quantitative estimate of drug-likeness (QED) is 0.604. The van der Waals surface area contributed by atoms with Gasteiger partial charge < -0.3 is 20.5 Å². The molecule has 3 N–H and O–H groups in total. The van der Waals surface area contributed by atoms with Crippen molar-refractivity contribution < 1.29 is 19.4 Å². The number of carbonyl (C=O) groups excluding carboxylic acids is 1. The monoisotopic (exact) mass is 330 g/mol. The third-order valence-corrected chi connectivity index (χ3v) is 2.97. The third-order valence-electron chi connectivity index (χ3n) is 2.97. The molecule has 1 aromatic rings. The second-order valence-electron chi connectivity index (χ2n) is 4.70. The lowest BCUT2D eigenvalue weighted by Crippen LogP contribution is -2.41. The maximum atomic E-state index is 11.6. The van der Waals surface area contributed by atoms with Crippen molar-refractivity contribution in [2.45, 2.75) is 31.9 Å². The van der Waals surface area contributed by atoms with Gasteiger partial charge in [0.25, 0.3) is 0 Å². The molecule has 6 nitrogen and oxygen atoms in total. The van der Waals surface area contributed by atoms with E-state index in [0.717, 1.165) is 24.9 Å². The van der Waals surface area contributed by atoms with Crippen molar-refractivity contribution >= 4 is 24.5 Å². The molecule has 0 fully saturated rings. The molecule has 0 radical (unpaired) electrons. The zero-order valence-electron chi connectivity index (χ0n) is 12.6. The number of aliphatic carboxylic acids is 1. The lowest BCUT2D eigenvalue weighted by molar-refractivity contribution is -0.139. The number of rotatable bonds is 9. The normalized spacial score (nSPS) is 11.1. The number of ether oxygens (including phenoxy) is 1. The average Bonchev–Trinajstić information content (AvgIpc) is 2.49. The van der Waals surface area contributed by atoms with Gasteiger partial charge in [-0.1, -0.05) is 30.3 Å². The summed E-state index contributed by atoms with van der Waals surface area (Å²) in [6.07, 6.45) is 1.26. The Morgan fingerprint density at radius 2 is 1.91 bits per heavy atom. The van der Waals surface area contributed by atoms with E-state index in [9.17, 15) is 9.59 Å². The molecule has 0 aromatic heterocycles. The molecule has 1 aromatic carbocycles. The van der Waals surface area contributed by atoms with Crippen molar-refractivity contribution in [1.29, 1.82) is 0 Å². The van der Waals surface area contributed by atoms with E-state index in [2.05, 4.69) is 10.6 Å². The molecule has 1 amide bonds. The summed E-state index contributed by atoms with van der Waals surface area (Å²) < 4.78 is 5.01. The molecule has 0 saturated carbocycles. The van der Waals surface area contributed by atoms with Crippen molar-refractivity contribution in [1.82, 2.24) is 10.6 Å². The summed E-state index contributed by atoms with van der Waals surface area (Å²) in [5.41, 5.74) is 0.855. The van der Waals surface area contributed by atoms with Gasteiger partial charge in [0.15, 0.2) is 0 Å². The van der Waals surface area contributed by atoms with Gasteiger partial charge in [-0.05, 0) is 38.4 Å². The Kier molecular flexibility index (Phi) is 10.9. The summed E-state index contributed by atoms with van der Waals surface area (Å²) in [4.78, 5) is 22.7. The second-order valence-corrected chi connectivity index (χ2v) is 4.70. The molecule has 124 valence electrons. The second kappa shape index (κ2) is 11.8. The van der Waals surface area contributed by atoms with Gasteiger partial charge in [-0.2, -0.15) is 0 Å². The number of nitrogens with one attached hydrogen (secondary N) is 2. The lowest BCUT2D eigenvalue weighted by Gasteiger charge is -2.14. The van der Waals surface area contributed by atoms with Crippen molar-refractivity contribution in [2.75, 3.05) is 13.6 Å². The van der Waals surface area contributed by atoms with Gasteiger partial charge in [0.1, 0.15) is 12.6 Å². The summed E-state index contributed by atoms with van der Waals surface area (Å²) in [5.74, 6) is -1.05. The fraction of sp³-hybridized carbons (Fsp3) is 0.467. The summed E-state index contributed by atoms with van der Waals surface area (Å²) >= 11 is 0.